The normalized spacial score (nSPS) is 18.2. The average molecular weight is 421 g/mol. The Labute approximate surface area is 177 Å². The van der Waals surface area contributed by atoms with Crippen LogP contribution in [0.4, 0.5) is 5.82 Å². The molecule has 7 heteroatoms. The fourth-order valence-corrected chi connectivity index (χ4v) is 5.31. The molecule has 154 valence electrons. The highest BCUT2D eigenvalue weighted by Gasteiger charge is 2.35. The molecule has 0 amide bonds. The number of sulfone groups is 1. The lowest BCUT2D eigenvalue weighted by Crippen LogP contribution is -2.36. The van der Waals surface area contributed by atoms with Crippen molar-refractivity contribution in [3.8, 4) is 6.07 Å². The van der Waals surface area contributed by atoms with E-state index in [4.69, 9.17) is 4.98 Å². The number of rotatable bonds is 4. The lowest BCUT2D eigenvalue weighted by Gasteiger charge is -2.33. The number of aryl methyl sites for hydroxylation is 1. The van der Waals surface area contributed by atoms with E-state index in [-0.39, 0.29) is 10.6 Å². The van der Waals surface area contributed by atoms with Crippen LogP contribution in [0.5, 0.6) is 0 Å². The van der Waals surface area contributed by atoms with E-state index in [1.807, 2.05) is 31.2 Å². The molecule has 0 saturated carbocycles. The lowest BCUT2D eigenvalue weighted by molar-refractivity contribution is 0.443. The van der Waals surface area contributed by atoms with Gasteiger partial charge in [-0.05, 0) is 49.9 Å². The molecule has 1 aliphatic heterocycles. The summed E-state index contributed by atoms with van der Waals surface area (Å²) in [4.78, 5) is 11.6. The molecule has 0 unspecified atom stereocenters. The Bertz CT molecular complexity index is 1220. The van der Waals surface area contributed by atoms with Crippen molar-refractivity contribution in [2.45, 2.75) is 36.8 Å². The van der Waals surface area contributed by atoms with Gasteiger partial charge in [-0.25, -0.2) is 18.4 Å². The fraction of sp³-hybridized carbons (Fsp3) is 0.348. The van der Waals surface area contributed by atoms with Gasteiger partial charge in [-0.2, -0.15) is 5.26 Å². The fourth-order valence-electron chi connectivity index (χ4n) is 3.94. The minimum absolute atomic E-state index is 0.118. The Balaban J connectivity index is 1.89. The molecule has 0 N–H and O–H groups in total. The number of nitriles is 1. The van der Waals surface area contributed by atoms with Gasteiger partial charge in [-0.1, -0.05) is 36.8 Å². The molecule has 30 heavy (non-hydrogen) atoms. The molecule has 6 nitrogen and oxygen atoms in total. The van der Waals surface area contributed by atoms with Crippen molar-refractivity contribution in [2.24, 2.45) is 5.92 Å². The predicted octanol–water partition coefficient (Wildman–Crippen LogP) is 4.21. The number of nitrogens with zero attached hydrogens (tertiary/aromatic N) is 4. The van der Waals surface area contributed by atoms with E-state index in [1.54, 1.807) is 30.3 Å². The van der Waals surface area contributed by atoms with Gasteiger partial charge in [0.25, 0.3) is 0 Å². The topological polar surface area (TPSA) is 86.9 Å². The number of anilines is 1. The number of hydrogen-bond acceptors (Lipinski definition) is 6. The molecular weight excluding hydrogens is 396 g/mol. The van der Waals surface area contributed by atoms with E-state index in [0.29, 0.717) is 22.8 Å². The highest BCUT2D eigenvalue weighted by atomic mass is 32.2. The van der Waals surface area contributed by atoms with E-state index in [2.05, 4.69) is 16.8 Å². The molecule has 3 aromatic rings. The van der Waals surface area contributed by atoms with Crippen LogP contribution in [0.2, 0.25) is 0 Å². The molecule has 4 rings (SSSR count). The molecule has 0 aliphatic carbocycles. The monoisotopic (exact) mass is 420 g/mol. The van der Waals surface area contributed by atoms with E-state index in [0.717, 1.165) is 31.5 Å². The zero-order chi connectivity index (χ0) is 21.3. The van der Waals surface area contributed by atoms with Crippen LogP contribution in [0.3, 0.4) is 0 Å². The van der Waals surface area contributed by atoms with Gasteiger partial charge in [-0.3, -0.25) is 0 Å². The second-order valence-corrected chi connectivity index (χ2v) is 10.0. The zero-order valence-electron chi connectivity index (χ0n) is 17.1. The molecule has 2 heterocycles. The Hall–Kier alpha value is -2.98. The maximum atomic E-state index is 13.4. The van der Waals surface area contributed by atoms with Crippen molar-refractivity contribution in [1.82, 2.24) is 9.97 Å². The summed E-state index contributed by atoms with van der Waals surface area (Å²) in [6, 6.07) is 15.9. The molecule has 2 atom stereocenters. The van der Waals surface area contributed by atoms with Gasteiger partial charge >= 0.3 is 0 Å². The van der Waals surface area contributed by atoms with Crippen LogP contribution >= 0.6 is 0 Å². The summed E-state index contributed by atoms with van der Waals surface area (Å²) in [6.07, 6.45) is 2.12. The second kappa shape index (κ2) is 8.04. The predicted molar refractivity (Wildman–Crippen MR) is 117 cm³/mol. The number of aromatic nitrogens is 2. The van der Waals surface area contributed by atoms with Gasteiger partial charge in [-0.15, -0.1) is 0 Å². The molecule has 0 radical (unpaired) electrons. The SMILES string of the molecule is Cc1ccc(S(=O)(=O)[C@H](C#N)c2nc3ccccc3nc2N2CCC[C@H](C)C2)cc1. The van der Waals surface area contributed by atoms with Crippen LogP contribution in [0.25, 0.3) is 11.0 Å². The molecule has 2 aromatic carbocycles. The highest BCUT2D eigenvalue weighted by Crippen LogP contribution is 2.35. The zero-order valence-corrected chi connectivity index (χ0v) is 17.9. The van der Waals surface area contributed by atoms with E-state index < -0.39 is 15.1 Å². The molecule has 0 spiro atoms. The van der Waals surface area contributed by atoms with Crippen molar-refractivity contribution in [2.75, 3.05) is 18.0 Å². The summed E-state index contributed by atoms with van der Waals surface area (Å²) in [5.74, 6) is 0.969. The van der Waals surface area contributed by atoms with Crippen molar-refractivity contribution in [3.63, 3.8) is 0 Å². The quantitative estimate of drug-likeness (QED) is 0.628. The lowest BCUT2D eigenvalue weighted by atomic mass is 10.00. The standard InChI is InChI=1S/C23H24N4O2S/c1-16-9-11-18(12-10-16)30(28,29)21(14-24)22-23(27-13-5-6-17(2)15-27)26-20-8-4-3-7-19(20)25-22/h3-4,7-12,17,21H,5-6,13,15H2,1-2H3/t17-,21+/m0/s1. The van der Waals surface area contributed by atoms with Gasteiger partial charge in [0.1, 0.15) is 5.69 Å². The van der Waals surface area contributed by atoms with E-state index in [9.17, 15) is 13.7 Å². The van der Waals surface area contributed by atoms with Crippen molar-refractivity contribution in [1.29, 1.82) is 5.26 Å². The summed E-state index contributed by atoms with van der Waals surface area (Å²) in [6.45, 7) is 5.60. The van der Waals surface area contributed by atoms with E-state index in [1.165, 1.54) is 0 Å². The third kappa shape index (κ3) is 3.75. The molecule has 0 bridgehead atoms. The first-order valence-corrected chi connectivity index (χ1v) is 11.7. The minimum Gasteiger partial charge on any atom is -0.355 e. The average Bonchev–Trinajstić information content (AvgIpc) is 2.74. The first-order valence-electron chi connectivity index (χ1n) is 10.1. The Morgan fingerprint density at radius 2 is 1.77 bits per heavy atom. The summed E-state index contributed by atoms with van der Waals surface area (Å²) < 4.78 is 26.8. The van der Waals surface area contributed by atoms with Gasteiger partial charge in [0.2, 0.25) is 9.84 Å². The number of para-hydroxylation sites is 2. The third-order valence-corrected chi connectivity index (χ3v) is 7.44. The third-order valence-electron chi connectivity index (χ3n) is 5.56. The number of piperidine rings is 1. The van der Waals surface area contributed by atoms with Crippen LogP contribution in [0, 0.1) is 24.2 Å². The van der Waals surface area contributed by atoms with Crippen LogP contribution in [0.15, 0.2) is 53.4 Å². The Morgan fingerprint density at radius 3 is 2.40 bits per heavy atom. The van der Waals surface area contributed by atoms with Gasteiger partial charge in [0.05, 0.1) is 22.0 Å². The second-order valence-electron chi connectivity index (χ2n) is 7.98. The number of fused-ring (bicyclic) bond motifs is 1. The van der Waals surface area contributed by atoms with Crippen LogP contribution < -0.4 is 4.90 Å². The van der Waals surface area contributed by atoms with Gasteiger partial charge in [0.15, 0.2) is 11.1 Å². The summed E-state index contributed by atoms with van der Waals surface area (Å²) in [5.41, 5.74) is 2.45. The maximum absolute atomic E-state index is 13.4. The highest BCUT2D eigenvalue weighted by molar-refractivity contribution is 7.92. The smallest absolute Gasteiger partial charge is 0.200 e. The number of hydrogen-bond donors (Lipinski definition) is 0. The number of benzene rings is 2. The summed E-state index contributed by atoms with van der Waals surface area (Å²) in [7, 11) is -3.95. The molecule has 1 aliphatic rings. The first kappa shape index (κ1) is 20.3. The van der Waals surface area contributed by atoms with Crippen molar-refractivity contribution >= 4 is 26.7 Å². The van der Waals surface area contributed by atoms with Crippen molar-refractivity contribution < 1.29 is 8.42 Å². The van der Waals surface area contributed by atoms with E-state index >= 15 is 0 Å². The van der Waals surface area contributed by atoms with Crippen LogP contribution in [-0.4, -0.2) is 31.5 Å². The minimum atomic E-state index is -3.95. The van der Waals surface area contributed by atoms with Crippen LogP contribution in [-0.2, 0) is 9.84 Å². The molecule has 1 fully saturated rings. The summed E-state index contributed by atoms with van der Waals surface area (Å²) in [5, 5.41) is 8.54. The van der Waals surface area contributed by atoms with Crippen LogP contribution in [0.1, 0.15) is 36.3 Å². The molecule has 1 saturated heterocycles. The van der Waals surface area contributed by atoms with Gasteiger partial charge < -0.3 is 4.90 Å². The molecular formula is C23H24N4O2S. The summed E-state index contributed by atoms with van der Waals surface area (Å²) >= 11 is 0. The van der Waals surface area contributed by atoms with Crippen molar-refractivity contribution in [3.05, 3.63) is 59.8 Å². The van der Waals surface area contributed by atoms with Gasteiger partial charge in [0, 0.05) is 13.1 Å². The Morgan fingerprint density at radius 1 is 1.10 bits per heavy atom. The Kier molecular flexibility index (Phi) is 5.44. The molecule has 1 aromatic heterocycles. The maximum Gasteiger partial charge on any atom is 0.200 e. The largest absolute Gasteiger partial charge is 0.355 e. The first-order chi connectivity index (χ1) is 14.4.